The second kappa shape index (κ2) is 8.83. The van der Waals surface area contributed by atoms with Crippen LogP contribution in [0.5, 0.6) is 0 Å². The second-order valence-corrected chi connectivity index (χ2v) is 7.91. The van der Waals surface area contributed by atoms with Gasteiger partial charge in [-0.1, -0.05) is 65.3 Å². The highest BCUT2D eigenvalue weighted by Crippen LogP contribution is 2.35. The Labute approximate surface area is 164 Å². The first-order chi connectivity index (χ1) is 12.6. The van der Waals surface area contributed by atoms with Crippen molar-refractivity contribution in [2.24, 2.45) is 0 Å². The molecular formula is C22H26BrNO2. The molecule has 0 aromatic heterocycles. The lowest BCUT2D eigenvalue weighted by Crippen LogP contribution is -2.45. The molecule has 26 heavy (non-hydrogen) atoms. The molecule has 3 rings (SSSR count). The number of carbonyl (C=O) groups excluding carboxylic acids is 1. The summed E-state index contributed by atoms with van der Waals surface area (Å²) in [6, 6.07) is 18.5. The number of nitrogens with one attached hydrogen (secondary N) is 1. The van der Waals surface area contributed by atoms with E-state index in [9.17, 15) is 4.79 Å². The van der Waals surface area contributed by atoms with Crippen LogP contribution in [0.4, 0.5) is 0 Å². The number of hydrogen-bond donors (Lipinski definition) is 1. The van der Waals surface area contributed by atoms with Gasteiger partial charge in [0.1, 0.15) is 0 Å². The zero-order valence-corrected chi connectivity index (χ0v) is 16.8. The maximum absolute atomic E-state index is 12.9. The Bertz CT molecular complexity index is 726. The van der Waals surface area contributed by atoms with Gasteiger partial charge in [-0.05, 0) is 42.5 Å². The Kier molecular flexibility index (Phi) is 6.49. The molecule has 1 saturated heterocycles. The molecule has 0 spiro atoms. The number of halogens is 1. The molecule has 4 heteroatoms. The Morgan fingerprint density at radius 3 is 2.54 bits per heavy atom. The minimum Gasteiger partial charge on any atom is -0.381 e. The minimum atomic E-state index is -0.101. The fourth-order valence-electron chi connectivity index (χ4n) is 3.79. The van der Waals surface area contributed by atoms with Crippen molar-refractivity contribution in [3.05, 3.63) is 70.2 Å². The van der Waals surface area contributed by atoms with E-state index < -0.39 is 0 Å². The van der Waals surface area contributed by atoms with E-state index in [2.05, 4.69) is 46.4 Å². The molecule has 1 aliphatic rings. The van der Waals surface area contributed by atoms with E-state index in [-0.39, 0.29) is 17.2 Å². The third-order valence-corrected chi connectivity index (χ3v) is 5.91. The summed E-state index contributed by atoms with van der Waals surface area (Å²) in [7, 11) is 0. The van der Waals surface area contributed by atoms with E-state index in [0.29, 0.717) is 6.54 Å². The normalized spacial score (nSPS) is 17.5. The Morgan fingerprint density at radius 2 is 1.88 bits per heavy atom. The molecule has 138 valence electrons. The van der Waals surface area contributed by atoms with Crippen LogP contribution in [-0.4, -0.2) is 25.7 Å². The van der Waals surface area contributed by atoms with Gasteiger partial charge in [0.15, 0.2) is 0 Å². The first-order valence-corrected chi connectivity index (χ1v) is 10.1. The maximum Gasteiger partial charge on any atom is 0.227 e. The van der Waals surface area contributed by atoms with Crippen LogP contribution in [0, 0.1) is 0 Å². The van der Waals surface area contributed by atoms with Crippen molar-refractivity contribution in [2.45, 2.75) is 37.5 Å². The van der Waals surface area contributed by atoms with Gasteiger partial charge in [0.2, 0.25) is 5.91 Å². The molecule has 0 aliphatic carbocycles. The first-order valence-electron chi connectivity index (χ1n) is 9.31. The van der Waals surface area contributed by atoms with Gasteiger partial charge < -0.3 is 10.1 Å². The zero-order valence-electron chi connectivity index (χ0n) is 15.2. The fraction of sp³-hybridized carbons (Fsp3) is 0.409. The molecule has 0 radical (unpaired) electrons. The topological polar surface area (TPSA) is 38.3 Å². The summed E-state index contributed by atoms with van der Waals surface area (Å²) >= 11 is 3.58. The highest BCUT2D eigenvalue weighted by atomic mass is 79.9. The monoisotopic (exact) mass is 415 g/mol. The summed E-state index contributed by atoms with van der Waals surface area (Å²) in [5.41, 5.74) is 2.28. The van der Waals surface area contributed by atoms with Crippen LogP contribution in [0.15, 0.2) is 59.1 Å². The molecule has 1 fully saturated rings. The molecule has 1 heterocycles. The summed E-state index contributed by atoms with van der Waals surface area (Å²) < 4.78 is 6.67. The van der Waals surface area contributed by atoms with Crippen molar-refractivity contribution >= 4 is 21.8 Å². The van der Waals surface area contributed by atoms with Crippen LogP contribution in [0.3, 0.4) is 0 Å². The third kappa shape index (κ3) is 4.36. The van der Waals surface area contributed by atoms with Gasteiger partial charge in [-0.2, -0.15) is 0 Å². The lowest BCUT2D eigenvalue weighted by molar-refractivity contribution is -0.123. The number of carbonyl (C=O) groups is 1. The van der Waals surface area contributed by atoms with Crippen molar-refractivity contribution in [3.63, 3.8) is 0 Å². The van der Waals surface area contributed by atoms with Crippen LogP contribution < -0.4 is 5.32 Å². The average Bonchev–Trinajstić information content (AvgIpc) is 2.68. The summed E-state index contributed by atoms with van der Waals surface area (Å²) in [6.45, 7) is 4.18. The summed E-state index contributed by atoms with van der Waals surface area (Å²) in [6.07, 6.45) is 2.64. The molecular weight excluding hydrogens is 390 g/mol. The smallest absolute Gasteiger partial charge is 0.227 e. The highest BCUT2D eigenvalue weighted by Gasteiger charge is 2.35. The van der Waals surface area contributed by atoms with Crippen LogP contribution in [-0.2, 0) is 14.9 Å². The van der Waals surface area contributed by atoms with Crippen molar-refractivity contribution in [1.82, 2.24) is 5.32 Å². The van der Waals surface area contributed by atoms with Gasteiger partial charge in [-0.15, -0.1) is 0 Å². The second-order valence-electron chi connectivity index (χ2n) is 6.99. The van der Waals surface area contributed by atoms with E-state index in [0.717, 1.165) is 42.5 Å². The van der Waals surface area contributed by atoms with E-state index in [1.807, 2.05) is 36.4 Å². The quantitative estimate of drug-likeness (QED) is 0.734. The average molecular weight is 416 g/mol. The zero-order chi connectivity index (χ0) is 18.4. The lowest BCUT2D eigenvalue weighted by atomic mass is 9.74. The Morgan fingerprint density at radius 1 is 1.15 bits per heavy atom. The highest BCUT2D eigenvalue weighted by molar-refractivity contribution is 9.10. The molecule has 1 aliphatic heterocycles. The predicted octanol–water partition coefficient (Wildman–Crippen LogP) is 4.81. The lowest BCUT2D eigenvalue weighted by Gasteiger charge is -2.38. The molecule has 0 bridgehead atoms. The number of rotatable bonds is 6. The van der Waals surface area contributed by atoms with E-state index in [1.54, 1.807) is 0 Å². The van der Waals surface area contributed by atoms with E-state index >= 15 is 0 Å². The predicted molar refractivity (Wildman–Crippen MR) is 108 cm³/mol. The van der Waals surface area contributed by atoms with Crippen molar-refractivity contribution < 1.29 is 9.53 Å². The number of benzene rings is 2. The molecule has 2 aromatic rings. The molecule has 2 aromatic carbocycles. The van der Waals surface area contributed by atoms with Crippen LogP contribution in [0.25, 0.3) is 0 Å². The minimum absolute atomic E-state index is 0.0628. The standard InChI is InChI=1S/C22H26BrNO2/c1-2-20(17-7-4-3-5-8-17)21(25)24-16-22(11-13-26-14-12-22)18-9-6-10-19(23)15-18/h3-10,15,20H,2,11-14,16H2,1H3,(H,24,25). The Hall–Kier alpha value is -1.65. The summed E-state index contributed by atoms with van der Waals surface area (Å²) in [5.74, 6) is 0.00941. The van der Waals surface area contributed by atoms with Crippen molar-refractivity contribution in [1.29, 1.82) is 0 Å². The van der Waals surface area contributed by atoms with Crippen molar-refractivity contribution in [2.75, 3.05) is 19.8 Å². The number of ether oxygens (including phenoxy) is 1. The van der Waals surface area contributed by atoms with Crippen LogP contribution >= 0.6 is 15.9 Å². The summed E-state index contributed by atoms with van der Waals surface area (Å²) in [4.78, 5) is 12.9. The van der Waals surface area contributed by atoms with Gasteiger partial charge in [-0.3, -0.25) is 4.79 Å². The SMILES string of the molecule is CCC(C(=O)NCC1(c2cccc(Br)c2)CCOCC1)c1ccccc1. The van der Waals surface area contributed by atoms with Gasteiger partial charge in [0.25, 0.3) is 0 Å². The van der Waals surface area contributed by atoms with Gasteiger partial charge >= 0.3 is 0 Å². The summed E-state index contributed by atoms with van der Waals surface area (Å²) in [5, 5.41) is 3.25. The maximum atomic E-state index is 12.9. The molecule has 0 saturated carbocycles. The number of amides is 1. The molecule has 1 N–H and O–H groups in total. The van der Waals surface area contributed by atoms with Crippen molar-refractivity contribution in [3.8, 4) is 0 Å². The van der Waals surface area contributed by atoms with Gasteiger partial charge in [0, 0.05) is 29.6 Å². The van der Waals surface area contributed by atoms with Gasteiger partial charge in [0.05, 0.1) is 5.92 Å². The molecule has 3 nitrogen and oxygen atoms in total. The number of hydrogen-bond acceptors (Lipinski definition) is 2. The van der Waals surface area contributed by atoms with Crippen LogP contribution in [0.2, 0.25) is 0 Å². The molecule has 1 amide bonds. The van der Waals surface area contributed by atoms with Crippen LogP contribution in [0.1, 0.15) is 43.2 Å². The van der Waals surface area contributed by atoms with E-state index in [1.165, 1.54) is 5.56 Å². The van der Waals surface area contributed by atoms with E-state index in [4.69, 9.17) is 4.74 Å². The molecule has 1 atom stereocenters. The third-order valence-electron chi connectivity index (χ3n) is 5.41. The fourth-order valence-corrected chi connectivity index (χ4v) is 4.18. The van der Waals surface area contributed by atoms with Gasteiger partial charge in [-0.25, -0.2) is 0 Å². The molecule has 1 unspecified atom stereocenters. The first kappa shape index (κ1) is 19.1. The Balaban J connectivity index is 1.76. The largest absolute Gasteiger partial charge is 0.381 e.